The quantitative estimate of drug-likeness (QED) is 0.681. The summed E-state index contributed by atoms with van der Waals surface area (Å²) in [4.78, 5) is 32.5. The van der Waals surface area contributed by atoms with E-state index in [1.807, 2.05) is 17.5 Å². The third kappa shape index (κ3) is 4.02. The van der Waals surface area contributed by atoms with Gasteiger partial charge in [-0.2, -0.15) is 4.98 Å². The highest BCUT2D eigenvalue weighted by atomic mass is 32.1. The molecular weight excluding hydrogens is 330 g/mol. The molecule has 0 saturated carbocycles. The molecule has 0 bridgehead atoms. The van der Waals surface area contributed by atoms with Crippen LogP contribution in [0.2, 0.25) is 0 Å². The molecule has 9 heteroatoms. The fraction of sp³-hybridized carbons (Fsp3) is 0.133. The molecule has 0 aliphatic carbocycles. The second-order valence-electron chi connectivity index (χ2n) is 4.71. The average molecular weight is 343 g/mol. The van der Waals surface area contributed by atoms with Gasteiger partial charge in [0.05, 0.1) is 4.88 Å². The summed E-state index contributed by atoms with van der Waals surface area (Å²) in [7, 11) is 0. The van der Waals surface area contributed by atoms with Gasteiger partial charge in [-0.1, -0.05) is 17.3 Å². The van der Waals surface area contributed by atoms with E-state index in [0.29, 0.717) is 11.7 Å². The van der Waals surface area contributed by atoms with Crippen LogP contribution in [0.3, 0.4) is 0 Å². The van der Waals surface area contributed by atoms with Crippen molar-refractivity contribution in [1.29, 1.82) is 0 Å². The summed E-state index contributed by atoms with van der Waals surface area (Å²) in [6.45, 7) is 0. The fourth-order valence-electron chi connectivity index (χ4n) is 1.83. The van der Waals surface area contributed by atoms with Crippen LogP contribution in [0.1, 0.15) is 22.8 Å². The zero-order valence-corrected chi connectivity index (χ0v) is 13.2. The van der Waals surface area contributed by atoms with Crippen molar-refractivity contribution in [2.45, 2.75) is 12.8 Å². The van der Waals surface area contributed by atoms with E-state index in [1.54, 1.807) is 18.2 Å². The van der Waals surface area contributed by atoms with E-state index >= 15 is 0 Å². The molecule has 8 nitrogen and oxygen atoms in total. The van der Waals surface area contributed by atoms with E-state index in [0.717, 1.165) is 4.88 Å². The number of hydrogen-bond donors (Lipinski definition) is 2. The molecule has 0 unspecified atom stereocenters. The molecule has 0 aliphatic heterocycles. The van der Waals surface area contributed by atoms with Crippen molar-refractivity contribution in [2.75, 3.05) is 0 Å². The Bertz CT molecular complexity index is 817. The normalized spacial score (nSPS) is 10.3. The molecule has 0 spiro atoms. The van der Waals surface area contributed by atoms with Crippen LogP contribution in [0.25, 0.3) is 10.7 Å². The molecule has 3 aromatic rings. The number of rotatable bonds is 5. The number of hydrogen-bond acceptors (Lipinski definition) is 7. The van der Waals surface area contributed by atoms with Gasteiger partial charge in [0.2, 0.25) is 17.6 Å². The van der Waals surface area contributed by atoms with Crippen molar-refractivity contribution in [3.63, 3.8) is 0 Å². The molecule has 3 heterocycles. The zero-order valence-electron chi connectivity index (χ0n) is 12.4. The first-order valence-electron chi connectivity index (χ1n) is 7.09. The Morgan fingerprint density at radius 1 is 1.17 bits per heavy atom. The van der Waals surface area contributed by atoms with E-state index < -0.39 is 5.91 Å². The molecule has 0 fully saturated rings. The lowest BCUT2D eigenvalue weighted by atomic mass is 10.3. The maximum absolute atomic E-state index is 11.8. The smallest absolute Gasteiger partial charge is 0.288 e. The Hall–Kier alpha value is -3.07. The Kier molecular flexibility index (Phi) is 4.92. The maximum atomic E-state index is 11.8. The fourth-order valence-corrected chi connectivity index (χ4v) is 2.48. The predicted octanol–water partition coefficient (Wildman–Crippen LogP) is 1.59. The molecule has 0 aromatic carbocycles. The largest absolute Gasteiger partial charge is 0.339 e. The van der Waals surface area contributed by atoms with Gasteiger partial charge in [0, 0.05) is 19.0 Å². The van der Waals surface area contributed by atoms with Gasteiger partial charge in [0.25, 0.3) is 5.91 Å². The van der Waals surface area contributed by atoms with Crippen LogP contribution >= 0.6 is 11.3 Å². The highest BCUT2D eigenvalue weighted by Crippen LogP contribution is 2.21. The first-order valence-corrected chi connectivity index (χ1v) is 7.97. The van der Waals surface area contributed by atoms with Crippen molar-refractivity contribution in [1.82, 2.24) is 26.0 Å². The molecule has 122 valence electrons. The van der Waals surface area contributed by atoms with Gasteiger partial charge in [-0.15, -0.1) is 11.3 Å². The van der Waals surface area contributed by atoms with Gasteiger partial charge in [0.1, 0.15) is 5.69 Å². The lowest BCUT2D eigenvalue weighted by Gasteiger charge is -2.05. The van der Waals surface area contributed by atoms with E-state index in [4.69, 9.17) is 4.52 Å². The average Bonchev–Trinajstić information content (AvgIpc) is 3.29. The van der Waals surface area contributed by atoms with Gasteiger partial charge in [-0.3, -0.25) is 25.4 Å². The lowest BCUT2D eigenvalue weighted by molar-refractivity contribution is -0.121. The molecule has 2 N–H and O–H groups in total. The van der Waals surface area contributed by atoms with E-state index in [2.05, 4.69) is 26.0 Å². The zero-order chi connectivity index (χ0) is 16.8. The minimum absolute atomic E-state index is 0.106. The Morgan fingerprint density at radius 3 is 2.83 bits per heavy atom. The van der Waals surface area contributed by atoms with Gasteiger partial charge in [-0.25, -0.2) is 0 Å². The van der Waals surface area contributed by atoms with Crippen molar-refractivity contribution in [3.05, 3.63) is 53.5 Å². The second kappa shape index (κ2) is 7.47. The number of hydrazine groups is 1. The monoisotopic (exact) mass is 343 g/mol. The molecule has 0 atom stereocenters. The number of carbonyl (C=O) groups excluding carboxylic acids is 2. The molecule has 0 saturated heterocycles. The number of amides is 2. The first kappa shape index (κ1) is 15.8. The number of carbonyl (C=O) groups is 2. The van der Waals surface area contributed by atoms with Gasteiger partial charge in [-0.05, 0) is 23.6 Å². The van der Waals surface area contributed by atoms with Crippen LogP contribution in [0.4, 0.5) is 0 Å². The van der Waals surface area contributed by atoms with Crippen LogP contribution in [0.15, 0.2) is 46.4 Å². The van der Waals surface area contributed by atoms with Crippen LogP contribution in [0, 0.1) is 0 Å². The SMILES string of the molecule is O=C(CCc1nc(-c2cccs2)no1)NNC(=O)c1ccccn1. The van der Waals surface area contributed by atoms with E-state index in [1.165, 1.54) is 17.5 Å². The summed E-state index contributed by atoms with van der Waals surface area (Å²) in [5, 5.41) is 5.78. The van der Waals surface area contributed by atoms with Crippen molar-refractivity contribution in [2.24, 2.45) is 0 Å². The van der Waals surface area contributed by atoms with Gasteiger partial charge in [0.15, 0.2) is 0 Å². The highest BCUT2D eigenvalue weighted by Gasteiger charge is 2.12. The lowest BCUT2D eigenvalue weighted by Crippen LogP contribution is -2.42. The molecule has 3 rings (SSSR count). The maximum Gasteiger partial charge on any atom is 0.288 e. The molecule has 2 amide bonds. The van der Waals surface area contributed by atoms with E-state index in [9.17, 15) is 9.59 Å². The van der Waals surface area contributed by atoms with Crippen LogP contribution in [-0.2, 0) is 11.2 Å². The number of nitrogens with one attached hydrogen (secondary N) is 2. The predicted molar refractivity (Wildman–Crippen MR) is 85.8 cm³/mol. The Balaban J connectivity index is 1.45. The minimum Gasteiger partial charge on any atom is -0.339 e. The van der Waals surface area contributed by atoms with Crippen molar-refractivity contribution < 1.29 is 14.1 Å². The first-order chi connectivity index (χ1) is 11.7. The number of aromatic nitrogens is 3. The van der Waals surface area contributed by atoms with Crippen LogP contribution in [0.5, 0.6) is 0 Å². The topological polar surface area (TPSA) is 110 Å². The summed E-state index contributed by atoms with van der Waals surface area (Å²) in [5.41, 5.74) is 4.83. The molecule has 3 aromatic heterocycles. The molecule has 0 radical (unpaired) electrons. The van der Waals surface area contributed by atoms with Crippen LogP contribution < -0.4 is 10.9 Å². The van der Waals surface area contributed by atoms with Crippen LogP contribution in [-0.4, -0.2) is 26.9 Å². The molecule has 0 aliphatic rings. The van der Waals surface area contributed by atoms with Gasteiger partial charge >= 0.3 is 0 Å². The summed E-state index contributed by atoms with van der Waals surface area (Å²) in [6.07, 6.45) is 1.88. The third-order valence-corrected chi connectivity index (χ3v) is 3.85. The Morgan fingerprint density at radius 2 is 2.08 bits per heavy atom. The molecule has 24 heavy (non-hydrogen) atoms. The number of aryl methyl sites for hydroxylation is 1. The summed E-state index contributed by atoms with van der Waals surface area (Å²) in [6, 6.07) is 8.72. The standard InChI is InChI=1S/C15H13N5O3S/c21-12(18-19-15(22)10-4-1-2-8-16-10)6-7-13-17-14(20-23-13)11-5-3-9-24-11/h1-5,8-9H,6-7H2,(H,18,21)(H,19,22). The summed E-state index contributed by atoms with van der Waals surface area (Å²) < 4.78 is 5.10. The van der Waals surface area contributed by atoms with Gasteiger partial charge < -0.3 is 4.52 Å². The van der Waals surface area contributed by atoms with Crippen molar-refractivity contribution >= 4 is 23.2 Å². The highest BCUT2D eigenvalue weighted by molar-refractivity contribution is 7.13. The summed E-state index contributed by atoms with van der Waals surface area (Å²) >= 11 is 1.51. The third-order valence-electron chi connectivity index (χ3n) is 2.99. The summed E-state index contributed by atoms with van der Waals surface area (Å²) in [5.74, 6) is 0.0188. The number of pyridine rings is 1. The van der Waals surface area contributed by atoms with Crippen molar-refractivity contribution in [3.8, 4) is 10.7 Å². The minimum atomic E-state index is -0.485. The number of thiophene rings is 1. The molecular formula is C15H13N5O3S. The number of nitrogens with zero attached hydrogens (tertiary/aromatic N) is 3. The Labute approximate surface area is 140 Å². The van der Waals surface area contributed by atoms with E-state index in [-0.39, 0.29) is 24.4 Å². The second-order valence-corrected chi connectivity index (χ2v) is 5.65.